The van der Waals surface area contributed by atoms with Crippen LogP contribution in [0.15, 0.2) is 12.4 Å². The van der Waals surface area contributed by atoms with E-state index in [0.29, 0.717) is 19.6 Å². The summed E-state index contributed by atoms with van der Waals surface area (Å²) in [5.41, 5.74) is 0. The number of aryl methyl sites for hydroxylation is 1. The molecule has 2 amide bonds. The summed E-state index contributed by atoms with van der Waals surface area (Å²) in [4.78, 5) is 20.2. The van der Waals surface area contributed by atoms with E-state index in [4.69, 9.17) is 0 Å². The molecule has 1 N–H and O–H groups in total. The Morgan fingerprint density at radius 1 is 1.35 bits per heavy atom. The summed E-state index contributed by atoms with van der Waals surface area (Å²) in [5.74, 6) is -0.351. The summed E-state index contributed by atoms with van der Waals surface area (Å²) in [6, 6.07) is 0.234. The van der Waals surface area contributed by atoms with Crippen molar-refractivity contribution in [2.45, 2.75) is 50.5 Å². The van der Waals surface area contributed by atoms with Gasteiger partial charge in [0.15, 0.2) is 0 Å². The van der Waals surface area contributed by atoms with Gasteiger partial charge in [0.2, 0.25) is 0 Å². The first-order valence-corrected chi connectivity index (χ1v) is 9.02. The predicted molar refractivity (Wildman–Crippen MR) is 90.4 cm³/mol. The number of nitrogens with one attached hydrogen (secondary N) is 1. The van der Waals surface area contributed by atoms with E-state index in [9.17, 15) is 18.0 Å². The van der Waals surface area contributed by atoms with Crippen LogP contribution in [0.2, 0.25) is 0 Å². The lowest BCUT2D eigenvalue weighted by Gasteiger charge is -2.46. The van der Waals surface area contributed by atoms with Crippen LogP contribution in [0.3, 0.4) is 0 Å². The lowest BCUT2D eigenvalue weighted by molar-refractivity contribution is -0.187. The standard InChI is InChI=1S/C17H26F3N5O/c1-23-8-5-21-15(23)11-24(2)16(26)22-13-9-14(10-13)25-6-3-12(4-7-25)17(18,19)20/h5,8,12-14H,3-4,6-7,9-11H2,1-2H3,(H,22,26). The van der Waals surface area contributed by atoms with Crippen molar-refractivity contribution in [1.82, 2.24) is 24.7 Å². The molecule has 2 aliphatic rings. The van der Waals surface area contributed by atoms with Gasteiger partial charge in [-0.3, -0.25) is 0 Å². The Balaban J connectivity index is 1.38. The fourth-order valence-electron chi connectivity index (χ4n) is 3.71. The Kier molecular flexibility index (Phi) is 5.45. The second-order valence-electron chi connectivity index (χ2n) is 7.43. The molecule has 1 aliphatic heterocycles. The number of imidazole rings is 1. The number of carbonyl (C=O) groups excluding carboxylic acids is 1. The van der Waals surface area contributed by atoms with Crippen molar-refractivity contribution in [2.75, 3.05) is 20.1 Å². The molecule has 0 aromatic carbocycles. The molecular weight excluding hydrogens is 347 g/mol. The van der Waals surface area contributed by atoms with Crippen LogP contribution in [-0.4, -0.2) is 63.8 Å². The Hall–Kier alpha value is -1.77. The van der Waals surface area contributed by atoms with Gasteiger partial charge in [0, 0.05) is 38.6 Å². The van der Waals surface area contributed by atoms with Gasteiger partial charge < -0.3 is 19.7 Å². The number of nitrogens with zero attached hydrogens (tertiary/aromatic N) is 4. The van der Waals surface area contributed by atoms with Crippen molar-refractivity contribution in [2.24, 2.45) is 13.0 Å². The van der Waals surface area contributed by atoms with Crippen LogP contribution in [0.1, 0.15) is 31.5 Å². The average Bonchev–Trinajstić information content (AvgIpc) is 2.94. The zero-order valence-corrected chi connectivity index (χ0v) is 15.2. The Morgan fingerprint density at radius 2 is 2.00 bits per heavy atom. The number of halogens is 3. The van der Waals surface area contributed by atoms with E-state index < -0.39 is 12.1 Å². The number of amides is 2. The van der Waals surface area contributed by atoms with Gasteiger partial charge in [-0.05, 0) is 38.8 Å². The van der Waals surface area contributed by atoms with Crippen molar-refractivity contribution in [1.29, 1.82) is 0 Å². The lowest BCUT2D eigenvalue weighted by atomic mass is 9.83. The number of likely N-dealkylation sites (tertiary alicyclic amines) is 1. The van der Waals surface area contributed by atoms with Gasteiger partial charge in [0.05, 0.1) is 12.5 Å². The van der Waals surface area contributed by atoms with Crippen molar-refractivity contribution < 1.29 is 18.0 Å². The van der Waals surface area contributed by atoms with Crippen molar-refractivity contribution in [3.05, 3.63) is 18.2 Å². The van der Waals surface area contributed by atoms with Gasteiger partial charge in [-0.15, -0.1) is 0 Å². The number of hydrogen-bond donors (Lipinski definition) is 1. The van der Waals surface area contributed by atoms with Crippen LogP contribution >= 0.6 is 0 Å². The molecule has 0 bridgehead atoms. The Labute approximate surface area is 151 Å². The quantitative estimate of drug-likeness (QED) is 0.882. The molecule has 0 radical (unpaired) electrons. The minimum absolute atomic E-state index is 0.0941. The van der Waals surface area contributed by atoms with Gasteiger partial charge in [0.1, 0.15) is 5.82 Å². The van der Waals surface area contributed by atoms with Crippen molar-refractivity contribution in [3.63, 3.8) is 0 Å². The highest BCUT2D eigenvalue weighted by Crippen LogP contribution is 2.36. The highest BCUT2D eigenvalue weighted by molar-refractivity contribution is 5.74. The number of urea groups is 1. The third-order valence-electron chi connectivity index (χ3n) is 5.60. The molecule has 3 rings (SSSR count). The van der Waals surface area contributed by atoms with Crippen LogP contribution in [0.25, 0.3) is 0 Å². The fourth-order valence-corrected chi connectivity index (χ4v) is 3.71. The third kappa shape index (κ3) is 4.31. The number of rotatable bonds is 4. The first-order chi connectivity index (χ1) is 12.2. The van der Waals surface area contributed by atoms with E-state index in [0.717, 1.165) is 18.7 Å². The summed E-state index contributed by atoms with van der Waals surface area (Å²) >= 11 is 0. The molecule has 6 nitrogen and oxygen atoms in total. The molecule has 2 fully saturated rings. The van der Waals surface area contributed by atoms with Gasteiger partial charge >= 0.3 is 12.2 Å². The molecule has 1 saturated heterocycles. The van der Waals surface area contributed by atoms with Gasteiger partial charge in [-0.2, -0.15) is 13.2 Å². The summed E-state index contributed by atoms with van der Waals surface area (Å²) in [7, 11) is 3.61. The maximum atomic E-state index is 12.7. The summed E-state index contributed by atoms with van der Waals surface area (Å²) in [6.07, 6.45) is 1.43. The molecule has 0 unspecified atom stereocenters. The molecule has 0 spiro atoms. The third-order valence-corrected chi connectivity index (χ3v) is 5.60. The topological polar surface area (TPSA) is 53.4 Å². The Morgan fingerprint density at radius 3 is 2.54 bits per heavy atom. The molecule has 1 aromatic heterocycles. The molecule has 0 atom stereocenters. The number of piperidine rings is 1. The molecule has 1 aliphatic carbocycles. The predicted octanol–water partition coefficient (Wildman–Crippen LogP) is 2.37. The van der Waals surface area contributed by atoms with Crippen LogP contribution in [-0.2, 0) is 13.6 Å². The molecule has 146 valence electrons. The smallest absolute Gasteiger partial charge is 0.337 e. The van der Waals surface area contributed by atoms with Crippen LogP contribution in [0.5, 0.6) is 0 Å². The van der Waals surface area contributed by atoms with Crippen molar-refractivity contribution in [3.8, 4) is 0 Å². The van der Waals surface area contributed by atoms with Crippen molar-refractivity contribution >= 4 is 6.03 Å². The second-order valence-corrected chi connectivity index (χ2v) is 7.43. The monoisotopic (exact) mass is 373 g/mol. The minimum Gasteiger partial charge on any atom is -0.337 e. The van der Waals surface area contributed by atoms with E-state index in [1.807, 2.05) is 17.8 Å². The molecule has 9 heteroatoms. The van der Waals surface area contributed by atoms with Gasteiger partial charge in [0.25, 0.3) is 0 Å². The minimum atomic E-state index is -4.07. The normalized spacial score (nSPS) is 25.0. The second kappa shape index (κ2) is 7.46. The first kappa shape index (κ1) is 19.0. The molecule has 1 saturated carbocycles. The van der Waals surface area contributed by atoms with Gasteiger partial charge in [-0.25, -0.2) is 9.78 Å². The number of carbonyl (C=O) groups is 1. The SMILES string of the molecule is CN(Cc1nccn1C)C(=O)NC1CC(N2CCC(C(F)(F)F)CC2)C1. The summed E-state index contributed by atoms with van der Waals surface area (Å²) in [6.45, 7) is 1.42. The highest BCUT2D eigenvalue weighted by atomic mass is 19.4. The largest absolute Gasteiger partial charge is 0.391 e. The fraction of sp³-hybridized carbons (Fsp3) is 0.765. The highest BCUT2D eigenvalue weighted by Gasteiger charge is 2.43. The van der Waals surface area contributed by atoms with Crippen LogP contribution in [0.4, 0.5) is 18.0 Å². The molecule has 1 aromatic rings. The average molecular weight is 373 g/mol. The van der Waals surface area contributed by atoms with E-state index >= 15 is 0 Å². The zero-order valence-electron chi connectivity index (χ0n) is 15.2. The number of aromatic nitrogens is 2. The van der Waals surface area contributed by atoms with E-state index in [1.165, 1.54) is 0 Å². The number of hydrogen-bond acceptors (Lipinski definition) is 3. The number of alkyl halides is 3. The molecular formula is C17H26F3N5O. The molecule has 2 heterocycles. The zero-order chi connectivity index (χ0) is 18.9. The van der Waals surface area contributed by atoms with Gasteiger partial charge in [-0.1, -0.05) is 0 Å². The Bertz CT molecular complexity index is 618. The van der Waals surface area contributed by atoms with Crippen LogP contribution in [0, 0.1) is 5.92 Å². The maximum absolute atomic E-state index is 12.7. The molecule has 26 heavy (non-hydrogen) atoms. The lowest BCUT2D eigenvalue weighted by Crippen LogP contribution is -2.57. The van der Waals surface area contributed by atoms with Crippen LogP contribution < -0.4 is 5.32 Å². The summed E-state index contributed by atoms with van der Waals surface area (Å²) in [5, 5.41) is 2.99. The van der Waals surface area contributed by atoms with E-state index in [-0.39, 0.29) is 31.0 Å². The van der Waals surface area contributed by atoms with E-state index in [1.54, 1.807) is 18.1 Å². The maximum Gasteiger partial charge on any atom is 0.391 e. The van der Waals surface area contributed by atoms with E-state index in [2.05, 4.69) is 15.2 Å². The summed E-state index contributed by atoms with van der Waals surface area (Å²) < 4.78 is 40.1. The first-order valence-electron chi connectivity index (χ1n) is 9.02.